The summed E-state index contributed by atoms with van der Waals surface area (Å²) in [5.41, 5.74) is 1.49. The molecular formula is C13H16N4O. The zero-order chi connectivity index (χ0) is 12.5. The summed E-state index contributed by atoms with van der Waals surface area (Å²) in [6, 6.07) is 1.95. The average molecular weight is 244 g/mol. The Morgan fingerprint density at radius 2 is 2.11 bits per heavy atom. The highest BCUT2D eigenvalue weighted by atomic mass is 16.1. The van der Waals surface area contributed by atoms with Gasteiger partial charge in [0.25, 0.3) is 5.56 Å². The number of aryl methyl sites for hydroxylation is 1. The van der Waals surface area contributed by atoms with Crippen molar-refractivity contribution in [3.8, 4) is 0 Å². The second kappa shape index (κ2) is 4.49. The van der Waals surface area contributed by atoms with Crippen LogP contribution in [-0.2, 0) is 0 Å². The molecule has 2 aromatic rings. The molecule has 0 amide bonds. The number of piperidine rings is 1. The molecule has 0 spiro atoms. The van der Waals surface area contributed by atoms with Gasteiger partial charge >= 0.3 is 0 Å². The molecule has 5 nitrogen and oxygen atoms in total. The van der Waals surface area contributed by atoms with Crippen LogP contribution in [0.4, 0.5) is 0 Å². The van der Waals surface area contributed by atoms with Crippen LogP contribution in [0.1, 0.15) is 30.1 Å². The lowest BCUT2D eigenvalue weighted by Crippen LogP contribution is -2.29. The topological polar surface area (TPSA) is 70.7 Å². The average Bonchev–Trinajstić information content (AvgIpc) is 2.39. The number of aromatic nitrogens is 3. The lowest BCUT2D eigenvalue weighted by molar-refractivity contribution is 0.458. The van der Waals surface area contributed by atoms with E-state index in [0.29, 0.717) is 17.4 Å². The fraction of sp³-hybridized carbons (Fsp3) is 0.462. The van der Waals surface area contributed by atoms with Crippen molar-refractivity contribution in [3.63, 3.8) is 0 Å². The number of hydrogen-bond acceptors (Lipinski definition) is 4. The molecule has 1 saturated heterocycles. The minimum absolute atomic E-state index is 0.00694. The van der Waals surface area contributed by atoms with E-state index in [2.05, 4.69) is 20.3 Å². The van der Waals surface area contributed by atoms with Crippen molar-refractivity contribution in [1.82, 2.24) is 20.3 Å². The van der Waals surface area contributed by atoms with Crippen LogP contribution in [0.15, 0.2) is 17.1 Å². The minimum atomic E-state index is -0.00694. The predicted octanol–water partition coefficient (Wildman–Crippen LogP) is 1.09. The third-order valence-corrected chi connectivity index (χ3v) is 3.52. The molecule has 0 unspecified atom stereocenters. The molecular weight excluding hydrogens is 228 g/mol. The number of nitrogens with one attached hydrogen (secondary N) is 2. The van der Waals surface area contributed by atoms with E-state index in [1.165, 1.54) is 0 Å². The molecule has 1 aliphatic heterocycles. The van der Waals surface area contributed by atoms with Crippen molar-refractivity contribution in [2.24, 2.45) is 0 Å². The predicted molar refractivity (Wildman–Crippen MR) is 69.7 cm³/mol. The number of pyridine rings is 1. The number of H-pyrrole nitrogens is 1. The second-order valence-corrected chi connectivity index (χ2v) is 4.80. The van der Waals surface area contributed by atoms with Gasteiger partial charge in [-0.25, -0.2) is 9.97 Å². The van der Waals surface area contributed by atoms with Gasteiger partial charge in [-0.1, -0.05) is 0 Å². The summed E-state index contributed by atoms with van der Waals surface area (Å²) in [5.74, 6) is 1.02. The Balaban J connectivity index is 2.09. The first-order chi connectivity index (χ1) is 8.74. The Bertz CT molecular complexity index is 628. The smallest absolute Gasteiger partial charge is 0.253 e. The summed E-state index contributed by atoms with van der Waals surface area (Å²) in [7, 11) is 0. The molecule has 94 valence electrons. The van der Waals surface area contributed by atoms with Crippen LogP contribution < -0.4 is 10.9 Å². The van der Waals surface area contributed by atoms with Crippen LogP contribution in [0.3, 0.4) is 0 Å². The van der Waals surface area contributed by atoms with E-state index >= 15 is 0 Å². The number of nitrogens with zero attached hydrogens (tertiary/aromatic N) is 2. The highest BCUT2D eigenvalue weighted by Crippen LogP contribution is 2.23. The maximum absolute atomic E-state index is 12.1. The molecule has 2 N–H and O–H groups in total. The van der Waals surface area contributed by atoms with Gasteiger partial charge in [-0.3, -0.25) is 4.79 Å². The lowest BCUT2D eigenvalue weighted by Gasteiger charge is -2.22. The SMILES string of the molecule is Cc1ncc2cc(C3CCNCC3)c(=O)[nH]c2n1. The summed E-state index contributed by atoms with van der Waals surface area (Å²) >= 11 is 0. The molecule has 0 radical (unpaired) electrons. The van der Waals surface area contributed by atoms with Crippen molar-refractivity contribution in [1.29, 1.82) is 0 Å². The Kier molecular flexibility index (Phi) is 2.83. The van der Waals surface area contributed by atoms with E-state index in [0.717, 1.165) is 36.9 Å². The number of fused-ring (bicyclic) bond motifs is 1. The van der Waals surface area contributed by atoms with Crippen molar-refractivity contribution < 1.29 is 0 Å². The molecule has 0 aromatic carbocycles. The molecule has 18 heavy (non-hydrogen) atoms. The number of aromatic amines is 1. The van der Waals surface area contributed by atoms with Crippen LogP contribution in [0.25, 0.3) is 11.0 Å². The van der Waals surface area contributed by atoms with Crippen LogP contribution >= 0.6 is 0 Å². The monoisotopic (exact) mass is 244 g/mol. The summed E-state index contributed by atoms with van der Waals surface area (Å²) in [4.78, 5) is 23.4. The van der Waals surface area contributed by atoms with Gasteiger partial charge in [0.05, 0.1) is 0 Å². The molecule has 0 saturated carbocycles. The van der Waals surface area contributed by atoms with Crippen molar-refractivity contribution >= 4 is 11.0 Å². The Morgan fingerprint density at radius 3 is 2.89 bits per heavy atom. The summed E-state index contributed by atoms with van der Waals surface area (Å²) in [6.45, 7) is 3.78. The Morgan fingerprint density at radius 1 is 1.33 bits per heavy atom. The maximum Gasteiger partial charge on any atom is 0.253 e. The molecule has 1 fully saturated rings. The van der Waals surface area contributed by atoms with Gasteiger partial charge in [-0.15, -0.1) is 0 Å². The maximum atomic E-state index is 12.1. The normalized spacial score (nSPS) is 17.2. The van der Waals surface area contributed by atoms with Crippen molar-refractivity contribution in [2.45, 2.75) is 25.7 Å². The van der Waals surface area contributed by atoms with E-state index < -0.39 is 0 Å². The second-order valence-electron chi connectivity index (χ2n) is 4.80. The fourth-order valence-corrected chi connectivity index (χ4v) is 2.53. The van der Waals surface area contributed by atoms with Gasteiger partial charge in [0.1, 0.15) is 11.5 Å². The highest BCUT2D eigenvalue weighted by Gasteiger charge is 2.18. The molecule has 0 bridgehead atoms. The van der Waals surface area contributed by atoms with Crippen molar-refractivity contribution in [2.75, 3.05) is 13.1 Å². The van der Waals surface area contributed by atoms with Gasteiger partial charge < -0.3 is 10.3 Å². The zero-order valence-corrected chi connectivity index (χ0v) is 10.4. The minimum Gasteiger partial charge on any atom is -0.317 e. The first-order valence-corrected chi connectivity index (χ1v) is 6.31. The van der Waals surface area contributed by atoms with Crippen molar-refractivity contribution in [3.05, 3.63) is 34.0 Å². The van der Waals surface area contributed by atoms with Gasteiger partial charge in [0.2, 0.25) is 0 Å². The third kappa shape index (κ3) is 2.01. The summed E-state index contributed by atoms with van der Waals surface area (Å²) in [6.07, 6.45) is 3.81. The summed E-state index contributed by atoms with van der Waals surface area (Å²) in [5, 5.41) is 4.22. The highest BCUT2D eigenvalue weighted by molar-refractivity contribution is 5.74. The Hall–Kier alpha value is -1.75. The molecule has 0 aliphatic carbocycles. The van der Waals surface area contributed by atoms with Gasteiger partial charge in [-0.2, -0.15) is 0 Å². The molecule has 2 aromatic heterocycles. The van der Waals surface area contributed by atoms with E-state index in [1.807, 2.05) is 13.0 Å². The molecule has 5 heteroatoms. The van der Waals surface area contributed by atoms with E-state index in [-0.39, 0.29) is 5.56 Å². The van der Waals surface area contributed by atoms with E-state index in [9.17, 15) is 4.79 Å². The fourth-order valence-electron chi connectivity index (χ4n) is 2.53. The zero-order valence-electron chi connectivity index (χ0n) is 10.4. The largest absolute Gasteiger partial charge is 0.317 e. The third-order valence-electron chi connectivity index (χ3n) is 3.52. The quantitative estimate of drug-likeness (QED) is 0.788. The van der Waals surface area contributed by atoms with Crippen LogP contribution in [0.2, 0.25) is 0 Å². The first-order valence-electron chi connectivity index (χ1n) is 6.31. The van der Waals surface area contributed by atoms with Crippen LogP contribution in [-0.4, -0.2) is 28.0 Å². The van der Waals surface area contributed by atoms with Gasteiger partial charge in [-0.05, 0) is 44.8 Å². The standard InChI is InChI=1S/C13H16N4O/c1-8-15-7-10-6-11(9-2-4-14-5-3-9)13(18)17-12(10)16-8/h6-7,9,14H,2-5H2,1H3,(H,15,16,17,18). The van der Waals surface area contributed by atoms with E-state index in [4.69, 9.17) is 0 Å². The molecule has 3 rings (SSSR count). The number of hydrogen-bond donors (Lipinski definition) is 2. The first kappa shape index (κ1) is 11.3. The molecule has 0 atom stereocenters. The van der Waals surface area contributed by atoms with Gasteiger partial charge in [0, 0.05) is 17.1 Å². The van der Waals surface area contributed by atoms with E-state index in [1.54, 1.807) is 6.20 Å². The molecule has 1 aliphatic rings. The lowest BCUT2D eigenvalue weighted by atomic mass is 9.91. The van der Waals surface area contributed by atoms with Crippen LogP contribution in [0, 0.1) is 6.92 Å². The Labute approximate surface area is 105 Å². The van der Waals surface area contributed by atoms with Gasteiger partial charge in [0.15, 0.2) is 0 Å². The van der Waals surface area contributed by atoms with Crippen LogP contribution in [0.5, 0.6) is 0 Å². The molecule has 3 heterocycles. The summed E-state index contributed by atoms with van der Waals surface area (Å²) < 4.78 is 0. The number of rotatable bonds is 1.